The van der Waals surface area contributed by atoms with Crippen LogP contribution in [0.25, 0.3) is 0 Å². The van der Waals surface area contributed by atoms with E-state index in [0.717, 1.165) is 24.9 Å². The summed E-state index contributed by atoms with van der Waals surface area (Å²) in [7, 11) is -0.0515. The van der Waals surface area contributed by atoms with Crippen LogP contribution < -0.4 is 10.6 Å². The van der Waals surface area contributed by atoms with E-state index in [1.165, 1.54) is 4.90 Å². The summed E-state index contributed by atoms with van der Waals surface area (Å²) in [4.78, 5) is 13.6. The van der Waals surface area contributed by atoms with Crippen LogP contribution in [-0.2, 0) is 9.84 Å². The van der Waals surface area contributed by atoms with Gasteiger partial charge < -0.3 is 15.5 Å². The van der Waals surface area contributed by atoms with Crippen molar-refractivity contribution in [2.75, 3.05) is 26.0 Å². The quantitative estimate of drug-likeness (QED) is 0.883. The maximum atomic E-state index is 12.6. The van der Waals surface area contributed by atoms with Crippen molar-refractivity contribution >= 4 is 21.6 Å². The molecule has 0 saturated carbocycles. The molecular weight excluding hydrogens is 314 g/mol. The maximum absolute atomic E-state index is 12.6. The molecule has 2 amide bonds. The van der Waals surface area contributed by atoms with Crippen LogP contribution in [-0.4, -0.2) is 45.2 Å². The van der Waals surface area contributed by atoms with E-state index in [0.29, 0.717) is 10.6 Å². The topological polar surface area (TPSA) is 78.5 Å². The minimum absolute atomic E-state index is 0.00901. The fourth-order valence-electron chi connectivity index (χ4n) is 2.60. The van der Waals surface area contributed by atoms with Crippen molar-refractivity contribution in [3.63, 3.8) is 0 Å². The molecule has 1 heterocycles. The predicted molar refractivity (Wildman–Crippen MR) is 91.4 cm³/mol. The fourth-order valence-corrected chi connectivity index (χ4v) is 3.89. The lowest BCUT2D eigenvalue weighted by molar-refractivity contribution is 0.230. The summed E-state index contributed by atoms with van der Waals surface area (Å²) in [6.07, 6.45) is 1.91. The molecule has 2 N–H and O–H groups in total. The van der Waals surface area contributed by atoms with E-state index in [-0.39, 0.29) is 12.1 Å². The smallest absolute Gasteiger partial charge is 0.321 e. The van der Waals surface area contributed by atoms with Gasteiger partial charge in [0.1, 0.15) is 0 Å². The largest absolute Gasteiger partial charge is 0.331 e. The molecule has 128 valence electrons. The number of benzene rings is 1. The van der Waals surface area contributed by atoms with Gasteiger partial charge in [0.25, 0.3) is 0 Å². The highest BCUT2D eigenvalue weighted by Crippen LogP contribution is 2.32. The molecule has 7 heteroatoms. The molecule has 1 atom stereocenters. The summed E-state index contributed by atoms with van der Waals surface area (Å²) in [6, 6.07) is 4.80. The molecule has 1 fully saturated rings. The summed E-state index contributed by atoms with van der Waals surface area (Å²) in [5.74, 6) is 0. The van der Waals surface area contributed by atoms with Crippen molar-refractivity contribution in [3.8, 4) is 0 Å². The van der Waals surface area contributed by atoms with E-state index in [2.05, 4.69) is 10.6 Å². The first kappa shape index (κ1) is 17.7. The first-order valence-electron chi connectivity index (χ1n) is 7.83. The van der Waals surface area contributed by atoms with Gasteiger partial charge in [-0.3, -0.25) is 0 Å². The minimum atomic E-state index is -3.37. The molecule has 1 saturated heterocycles. The van der Waals surface area contributed by atoms with Crippen LogP contribution >= 0.6 is 0 Å². The SMILES string of the molecule is CC(C)S(=O)(=O)c1ccc(NC(=O)N(C)C)cc1[C@H]1CCCN1. The van der Waals surface area contributed by atoms with Gasteiger partial charge in [0.05, 0.1) is 10.1 Å². The van der Waals surface area contributed by atoms with Gasteiger partial charge in [-0.2, -0.15) is 0 Å². The lowest BCUT2D eigenvalue weighted by atomic mass is 10.0. The lowest BCUT2D eigenvalue weighted by Gasteiger charge is -2.20. The van der Waals surface area contributed by atoms with Gasteiger partial charge in [-0.25, -0.2) is 13.2 Å². The number of urea groups is 1. The van der Waals surface area contributed by atoms with E-state index in [1.807, 2.05) is 0 Å². The van der Waals surface area contributed by atoms with E-state index < -0.39 is 15.1 Å². The van der Waals surface area contributed by atoms with Crippen LogP contribution in [0.5, 0.6) is 0 Å². The van der Waals surface area contributed by atoms with E-state index >= 15 is 0 Å². The van der Waals surface area contributed by atoms with Crippen LogP contribution in [0, 0.1) is 0 Å². The number of hydrogen-bond donors (Lipinski definition) is 2. The van der Waals surface area contributed by atoms with Crippen molar-refractivity contribution < 1.29 is 13.2 Å². The second kappa shape index (κ2) is 6.88. The van der Waals surface area contributed by atoms with Crippen LogP contribution in [0.4, 0.5) is 10.5 Å². The van der Waals surface area contributed by atoms with E-state index in [4.69, 9.17) is 0 Å². The molecule has 1 aliphatic rings. The molecule has 0 aliphatic carbocycles. The van der Waals surface area contributed by atoms with Gasteiger partial charge in [0.2, 0.25) is 0 Å². The molecule has 2 rings (SSSR count). The highest BCUT2D eigenvalue weighted by molar-refractivity contribution is 7.92. The second-order valence-corrected chi connectivity index (χ2v) is 8.79. The van der Waals surface area contributed by atoms with Crippen molar-refractivity contribution in [2.24, 2.45) is 0 Å². The zero-order chi connectivity index (χ0) is 17.2. The molecule has 0 unspecified atom stereocenters. The number of amides is 2. The Bertz CT molecular complexity index is 678. The standard InChI is InChI=1S/C16H25N3O3S/c1-11(2)23(21,22)15-8-7-12(18-16(20)19(3)4)10-13(15)14-6-5-9-17-14/h7-8,10-11,14,17H,5-6,9H2,1-4H3,(H,18,20)/t14-/m1/s1. The van der Waals surface area contributed by atoms with Crippen LogP contribution in [0.2, 0.25) is 0 Å². The first-order valence-corrected chi connectivity index (χ1v) is 9.37. The monoisotopic (exact) mass is 339 g/mol. The molecule has 1 aliphatic heterocycles. The summed E-state index contributed by atoms with van der Waals surface area (Å²) in [5.41, 5.74) is 1.35. The number of hydrogen-bond acceptors (Lipinski definition) is 4. The predicted octanol–water partition coefficient (Wildman–Crippen LogP) is 2.39. The number of anilines is 1. The maximum Gasteiger partial charge on any atom is 0.321 e. The Morgan fingerprint density at radius 2 is 2.04 bits per heavy atom. The average molecular weight is 339 g/mol. The summed E-state index contributed by atoms with van der Waals surface area (Å²) < 4.78 is 25.3. The fraction of sp³-hybridized carbons (Fsp3) is 0.562. The Balaban J connectivity index is 2.45. The first-order chi connectivity index (χ1) is 10.7. The number of nitrogens with zero attached hydrogens (tertiary/aromatic N) is 1. The Morgan fingerprint density at radius 3 is 2.57 bits per heavy atom. The van der Waals surface area contributed by atoms with Gasteiger partial charge in [-0.05, 0) is 57.0 Å². The molecule has 0 radical (unpaired) electrons. The van der Waals surface area contributed by atoms with Crippen LogP contribution in [0.1, 0.15) is 38.3 Å². The molecule has 6 nitrogen and oxygen atoms in total. The highest BCUT2D eigenvalue weighted by atomic mass is 32.2. The zero-order valence-electron chi connectivity index (χ0n) is 14.1. The van der Waals surface area contributed by atoms with Gasteiger partial charge in [0, 0.05) is 25.8 Å². The van der Waals surface area contributed by atoms with Crippen LogP contribution in [0.3, 0.4) is 0 Å². The third kappa shape index (κ3) is 3.84. The minimum Gasteiger partial charge on any atom is -0.331 e. The van der Waals surface area contributed by atoms with Gasteiger partial charge in [0.15, 0.2) is 9.84 Å². The molecule has 1 aromatic carbocycles. The molecular formula is C16H25N3O3S. The number of rotatable bonds is 4. The van der Waals surface area contributed by atoms with Crippen molar-refractivity contribution in [1.29, 1.82) is 0 Å². The summed E-state index contributed by atoms with van der Waals surface area (Å²) in [5, 5.41) is 5.64. The van der Waals surface area contributed by atoms with Crippen molar-refractivity contribution in [3.05, 3.63) is 23.8 Å². The zero-order valence-corrected chi connectivity index (χ0v) is 14.9. The molecule has 1 aromatic rings. The highest BCUT2D eigenvalue weighted by Gasteiger charge is 2.28. The third-order valence-electron chi connectivity index (χ3n) is 4.03. The van der Waals surface area contributed by atoms with Crippen molar-refractivity contribution in [1.82, 2.24) is 10.2 Å². The number of nitrogens with one attached hydrogen (secondary N) is 2. The lowest BCUT2D eigenvalue weighted by Crippen LogP contribution is -2.27. The van der Waals surface area contributed by atoms with E-state index in [1.54, 1.807) is 46.1 Å². The molecule has 0 bridgehead atoms. The summed E-state index contributed by atoms with van der Waals surface area (Å²) in [6.45, 7) is 4.24. The van der Waals surface area contributed by atoms with E-state index in [9.17, 15) is 13.2 Å². The average Bonchev–Trinajstić information content (AvgIpc) is 3.00. The Labute approximate surface area is 138 Å². The van der Waals surface area contributed by atoms with Crippen molar-refractivity contribution in [2.45, 2.75) is 42.9 Å². The Morgan fingerprint density at radius 1 is 1.35 bits per heavy atom. The Hall–Kier alpha value is -1.60. The van der Waals surface area contributed by atoms with Gasteiger partial charge >= 0.3 is 6.03 Å². The summed E-state index contributed by atoms with van der Waals surface area (Å²) >= 11 is 0. The van der Waals surface area contributed by atoms with Gasteiger partial charge in [-0.1, -0.05) is 0 Å². The molecule has 0 aromatic heterocycles. The number of carbonyl (C=O) groups is 1. The van der Waals surface area contributed by atoms with Crippen LogP contribution in [0.15, 0.2) is 23.1 Å². The van der Waals surface area contributed by atoms with Gasteiger partial charge in [-0.15, -0.1) is 0 Å². The molecule has 23 heavy (non-hydrogen) atoms. The second-order valence-electron chi connectivity index (χ2n) is 6.32. The Kier molecular flexibility index (Phi) is 5.31. The normalized spacial score (nSPS) is 18.2. The number of carbonyl (C=O) groups excluding carboxylic acids is 1. The number of sulfone groups is 1. The third-order valence-corrected chi connectivity index (χ3v) is 6.26. The molecule has 0 spiro atoms.